The van der Waals surface area contributed by atoms with Crippen LogP contribution in [0.5, 0.6) is 0 Å². The van der Waals surface area contributed by atoms with E-state index in [4.69, 9.17) is 0 Å². The molecule has 0 fully saturated rings. The van der Waals surface area contributed by atoms with Crippen LogP contribution >= 0.6 is 0 Å². The molecule has 10 aromatic carbocycles. The lowest BCUT2D eigenvalue weighted by atomic mass is 10.0. The Bertz CT molecular complexity index is 3750. The monoisotopic (exact) mass is 801 g/mol. The van der Waals surface area contributed by atoms with E-state index < -0.39 is 0 Å². The summed E-state index contributed by atoms with van der Waals surface area (Å²) < 4.78 is 4.83. The molecule has 0 amide bonds. The lowest BCUT2D eigenvalue weighted by Gasteiger charge is -2.26. The van der Waals surface area contributed by atoms with Crippen molar-refractivity contribution in [3.63, 3.8) is 0 Å². The van der Waals surface area contributed by atoms with Crippen molar-refractivity contribution >= 4 is 77.0 Å². The Morgan fingerprint density at radius 3 is 1.17 bits per heavy atom. The summed E-state index contributed by atoms with van der Waals surface area (Å²) in [6, 6.07) is 86.3. The van der Waals surface area contributed by atoms with E-state index in [1.54, 1.807) is 0 Å². The molecule has 13 aromatic rings. The maximum absolute atomic E-state index is 2.46. The minimum Gasteiger partial charge on any atom is -0.311 e. The number of aromatic nitrogens is 2. The van der Waals surface area contributed by atoms with Gasteiger partial charge in [-0.05, 0) is 106 Å². The summed E-state index contributed by atoms with van der Waals surface area (Å²) in [4.78, 5) is 2.36. The molecule has 0 unspecified atom stereocenters. The van der Waals surface area contributed by atoms with Crippen LogP contribution in [0.4, 0.5) is 17.1 Å². The molecule has 3 nitrogen and oxygen atoms in total. The van der Waals surface area contributed by atoms with Crippen LogP contribution in [-0.2, 0) is 0 Å². The highest BCUT2D eigenvalue weighted by Crippen LogP contribution is 2.42. The molecule has 0 saturated heterocycles. The first-order valence-corrected chi connectivity index (χ1v) is 21.7. The van der Waals surface area contributed by atoms with E-state index in [1.807, 2.05) is 0 Å². The Morgan fingerprint density at radius 1 is 0.254 bits per heavy atom. The fourth-order valence-corrected chi connectivity index (χ4v) is 10.1. The van der Waals surface area contributed by atoms with Gasteiger partial charge < -0.3 is 13.9 Å². The summed E-state index contributed by atoms with van der Waals surface area (Å²) in [5.74, 6) is 0. The molecule has 294 valence electrons. The second-order valence-corrected chi connectivity index (χ2v) is 16.5. The predicted molar refractivity (Wildman–Crippen MR) is 266 cm³/mol. The van der Waals surface area contributed by atoms with Crippen LogP contribution in [0.2, 0.25) is 0 Å². The zero-order valence-corrected chi connectivity index (χ0v) is 34.4. The molecule has 0 aliphatic rings. The highest BCUT2D eigenvalue weighted by Gasteiger charge is 2.19. The molecule has 3 heterocycles. The van der Waals surface area contributed by atoms with Gasteiger partial charge in [-0.15, -0.1) is 0 Å². The van der Waals surface area contributed by atoms with E-state index >= 15 is 0 Å². The summed E-state index contributed by atoms with van der Waals surface area (Å²) in [7, 11) is 0. The molecule has 0 N–H and O–H groups in total. The Kier molecular flexibility index (Phi) is 7.91. The highest BCUT2D eigenvalue weighted by molar-refractivity contribution is 6.23. The molecule has 0 aliphatic carbocycles. The lowest BCUT2D eigenvalue weighted by Crippen LogP contribution is -2.09. The SMILES string of the molecule is c1ccc(-c2ccc(N(c3ccc(-c4ccc(-n5c6ccccc6c6ccccc65)cc4)cc3)c3ccc(-c4ccc5c6cccc7c8ccccc8n(c5c4)c76)cc3)cc2)cc1. The van der Waals surface area contributed by atoms with Crippen LogP contribution in [0.1, 0.15) is 0 Å². The summed E-state index contributed by atoms with van der Waals surface area (Å²) in [6.07, 6.45) is 0. The fourth-order valence-electron chi connectivity index (χ4n) is 10.1. The summed E-state index contributed by atoms with van der Waals surface area (Å²) in [5, 5.41) is 7.74. The van der Waals surface area contributed by atoms with Gasteiger partial charge in [-0.3, -0.25) is 0 Å². The van der Waals surface area contributed by atoms with Crippen molar-refractivity contribution in [1.29, 1.82) is 0 Å². The molecular formula is C60H39N3. The van der Waals surface area contributed by atoms with Gasteiger partial charge in [-0.25, -0.2) is 0 Å². The van der Waals surface area contributed by atoms with Crippen LogP contribution in [-0.4, -0.2) is 8.97 Å². The first-order chi connectivity index (χ1) is 31.2. The van der Waals surface area contributed by atoms with Crippen LogP contribution in [0, 0.1) is 0 Å². The van der Waals surface area contributed by atoms with Gasteiger partial charge in [0.2, 0.25) is 0 Å². The standard InChI is InChI=1S/C60H39N3/c1-2-11-40(12-3-1)41-21-30-46(31-22-41)61(47-32-23-42(24-33-47)43-25-36-49(37-26-43)62-56-18-7-4-13-50(56)51-14-5-8-19-57(51)62)48-34-27-44(28-35-48)45-29-38-53-55-17-10-16-54-52-15-6-9-20-58(52)63(60(54)55)59(53)39-45/h1-39H. The minimum absolute atomic E-state index is 1.10. The number of hydrogen-bond acceptors (Lipinski definition) is 1. The van der Waals surface area contributed by atoms with Gasteiger partial charge in [0, 0.05) is 55.1 Å². The fraction of sp³-hybridized carbons (Fsp3) is 0. The Morgan fingerprint density at radius 2 is 0.635 bits per heavy atom. The van der Waals surface area contributed by atoms with Crippen molar-refractivity contribution in [2.45, 2.75) is 0 Å². The average molecular weight is 802 g/mol. The zero-order chi connectivity index (χ0) is 41.4. The summed E-state index contributed by atoms with van der Waals surface area (Å²) in [5.41, 5.74) is 17.8. The van der Waals surface area contributed by atoms with Gasteiger partial charge in [0.1, 0.15) is 0 Å². The third-order valence-corrected chi connectivity index (χ3v) is 13.1. The molecule has 0 radical (unpaired) electrons. The van der Waals surface area contributed by atoms with Gasteiger partial charge in [-0.2, -0.15) is 0 Å². The molecule has 0 bridgehead atoms. The molecule has 0 saturated carbocycles. The lowest BCUT2D eigenvalue weighted by molar-refractivity contribution is 1.18. The Balaban J connectivity index is 0.861. The van der Waals surface area contributed by atoms with Gasteiger partial charge >= 0.3 is 0 Å². The first-order valence-electron chi connectivity index (χ1n) is 21.7. The van der Waals surface area contributed by atoms with Crippen LogP contribution < -0.4 is 4.90 Å². The molecule has 3 heteroatoms. The van der Waals surface area contributed by atoms with E-state index in [1.165, 1.54) is 93.3 Å². The number of anilines is 3. The Labute approximate surface area is 364 Å². The second-order valence-electron chi connectivity index (χ2n) is 16.5. The van der Waals surface area contributed by atoms with Crippen LogP contribution in [0.3, 0.4) is 0 Å². The molecule has 0 aliphatic heterocycles. The van der Waals surface area contributed by atoms with Crippen LogP contribution in [0.25, 0.3) is 99.0 Å². The van der Waals surface area contributed by atoms with Gasteiger partial charge in [0.25, 0.3) is 0 Å². The van der Waals surface area contributed by atoms with Crippen molar-refractivity contribution in [2.24, 2.45) is 0 Å². The van der Waals surface area contributed by atoms with Gasteiger partial charge in [0.05, 0.1) is 27.6 Å². The van der Waals surface area contributed by atoms with Crippen molar-refractivity contribution in [3.05, 3.63) is 237 Å². The maximum Gasteiger partial charge on any atom is 0.0620 e. The number of benzene rings is 10. The van der Waals surface area contributed by atoms with E-state index in [-0.39, 0.29) is 0 Å². The molecule has 3 aromatic heterocycles. The molecular weight excluding hydrogens is 763 g/mol. The van der Waals surface area contributed by atoms with Gasteiger partial charge in [0.15, 0.2) is 0 Å². The van der Waals surface area contributed by atoms with Crippen molar-refractivity contribution in [1.82, 2.24) is 8.97 Å². The Hall–Kier alpha value is -8.40. The summed E-state index contributed by atoms with van der Waals surface area (Å²) >= 11 is 0. The van der Waals surface area contributed by atoms with Crippen LogP contribution in [0.15, 0.2) is 237 Å². The largest absolute Gasteiger partial charge is 0.311 e. The number of fused-ring (bicyclic) bond motifs is 9. The topological polar surface area (TPSA) is 12.6 Å². The van der Waals surface area contributed by atoms with E-state index in [0.29, 0.717) is 0 Å². The number of para-hydroxylation sites is 4. The van der Waals surface area contributed by atoms with E-state index in [2.05, 4.69) is 250 Å². The second kappa shape index (κ2) is 14.1. The van der Waals surface area contributed by atoms with E-state index in [0.717, 1.165) is 22.7 Å². The molecule has 13 rings (SSSR count). The predicted octanol–water partition coefficient (Wildman–Crippen LogP) is 16.4. The average Bonchev–Trinajstić information content (AvgIpc) is 4.00. The number of rotatable bonds is 7. The normalized spacial score (nSPS) is 11.8. The smallest absolute Gasteiger partial charge is 0.0620 e. The molecule has 63 heavy (non-hydrogen) atoms. The third-order valence-electron chi connectivity index (χ3n) is 13.1. The van der Waals surface area contributed by atoms with Crippen molar-refractivity contribution in [2.75, 3.05) is 4.90 Å². The summed E-state index contributed by atoms with van der Waals surface area (Å²) in [6.45, 7) is 0. The van der Waals surface area contributed by atoms with Gasteiger partial charge in [-0.1, -0.05) is 164 Å². The van der Waals surface area contributed by atoms with Crippen molar-refractivity contribution < 1.29 is 0 Å². The zero-order valence-electron chi connectivity index (χ0n) is 34.4. The number of nitrogens with zero attached hydrogens (tertiary/aromatic N) is 3. The maximum atomic E-state index is 2.46. The molecule has 0 atom stereocenters. The third kappa shape index (κ3) is 5.60. The minimum atomic E-state index is 1.10. The number of hydrogen-bond donors (Lipinski definition) is 0. The highest BCUT2D eigenvalue weighted by atomic mass is 15.1. The van der Waals surface area contributed by atoms with E-state index in [9.17, 15) is 0 Å². The van der Waals surface area contributed by atoms with Crippen molar-refractivity contribution in [3.8, 4) is 39.1 Å². The molecule has 0 spiro atoms. The first kappa shape index (κ1) is 35.4. The quantitative estimate of drug-likeness (QED) is 0.156.